The van der Waals surface area contributed by atoms with Gasteiger partial charge >= 0.3 is 0 Å². The molecular weight excluding hydrogens is 298 g/mol. The van der Waals surface area contributed by atoms with Gasteiger partial charge in [0.15, 0.2) is 0 Å². The summed E-state index contributed by atoms with van der Waals surface area (Å²) in [4.78, 5) is 7.02. The van der Waals surface area contributed by atoms with E-state index in [0.29, 0.717) is 12.0 Å². The van der Waals surface area contributed by atoms with Crippen molar-refractivity contribution in [1.29, 1.82) is 0 Å². The summed E-state index contributed by atoms with van der Waals surface area (Å²) in [5.74, 6) is 1.55. The Balaban J connectivity index is 1.39. The Morgan fingerprint density at radius 1 is 1.41 bits per heavy atom. The lowest BCUT2D eigenvalue weighted by atomic mass is 9.92. The number of rotatable bonds is 3. The average molecular weight is 319 g/mol. The largest absolute Gasteiger partial charge is 0.366 e. The fourth-order valence-electron chi connectivity index (χ4n) is 3.54. The van der Waals surface area contributed by atoms with Crippen LogP contribution in [0.3, 0.4) is 0 Å². The monoisotopic (exact) mass is 319 g/mol. The fraction of sp³-hybridized carbons (Fsp3) is 0.625. The molecule has 0 amide bonds. The molecule has 3 atom stereocenters. The van der Waals surface area contributed by atoms with Crippen LogP contribution in [0.5, 0.6) is 0 Å². The number of likely N-dealkylation sites (tertiary alicyclic amines) is 1. The van der Waals surface area contributed by atoms with Crippen LogP contribution >= 0.6 is 11.3 Å². The van der Waals surface area contributed by atoms with Crippen LogP contribution in [0.4, 0.5) is 0 Å². The third-order valence-corrected chi connectivity index (χ3v) is 5.67. The van der Waals surface area contributed by atoms with Gasteiger partial charge in [-0.2, -0.15) is 0 Å². The van der Waals surface area contributed by atoms with E-state index in [1.54, 1.807) is 11.3 Å². The number of hydrogen-bond acceptors (Lipinski definition) is 6. The lowest BCUT2D eigenvalue weighted by molar-refractivity contribution is -0.00987. The predicted octanol–water partition coefficient (Wildman–Crippen LogP) is 3.10. The van der Waals surface area contributed by atoms with Gasteiger partial charge in [0.1, 0.15) is 16.9 Å². The lowest BCUT2D eigenvalue weighted by Gasteiger charge is -2.33. The Morgan fingerprint density at radius 3 is 3.05 bits per heavy atom. The second-order valence-electron chi connectivity index (χ2n) is 6.44. The van der Waals surface area contributed by atoms with Crippen LogP contribution in [-0.4, -0.2) is 34.2 Å². The van der Waals surface area contributed by atoms with Crippen LogP contribution in [0.15, 0.2) is 16.0 Å². The van der Waals surface area contributed by atoms with Crippen LogP contribution in [0.1, 0.15) is 41.1 Å². The van der Waals surface area contributed by atoms with Gasteiger partial charge in [0.25, 0.3) is 0 Å². The first-order chi connectivity index (χ1) is 10.7. The van der Waals surface area contributed by atoms with Crippen molar-refractivity contribution in [2.45, 2.75) is 45.4 Å². The SMILES string of the molecule is Cc1csc([C@H]2C[C@@H]3CCN(Cc4cc(C)on4)C[C@H]3O2)n1. The van der Waals surface area contributed by atoms with Gasteiger partial charge < -0.3 is 9.26 Å². The van der Waals surface area contributed by atoms with E-state index < -0.39 is 0 Å². The minimum absolute atomic E-state index is 0.197. The second kappa shape index (κ2) is 5.76. The van der Waals surface area contributed by atoms with Crippen molar-refractivity contribution in [2.24, 2.45) is 5.92 Å². The summed E-state index contributed by atoms with van der Waals surface area (Å²) in [5.41, 5.74) is 2.11. The molecular formula is C16H21N3O2S. The Hall–Kier alpha value is -1.24. The summed E-state index contributed by atoms with van der Waals surface area (Å²) in [7, 11) is 0. The smallest absolute Gasteiger partial charge is 0.133 e. The third kappa shape index (κ3) is 2.83. The topological polar surface area (TPSA) is 51.4 Å². The Bertz CT molecular complexity index is 653. The molecule has 5 nitrogen and oxygen atoms in total. The van der Waals surface area contributed by atoms with Gasteiger partial charge in [-0.05, 0) is 39.2 Å². The van der Waals surface area contributed by atoms with Crippen LogP contribution in [-0.2, 0) is 11.3 Å². The standard InChI is InChI=1S/C16H21N3O2S/c1-10-9-22-16(17-10)14-6-12-3-4-19(8-15(12)20-14)7-13-5-11(2)21-18-13/h5,9,12,14-15H,3-4,6-8H2,1-2H3/t12-,14+,15+/m0/s1. The van der Waals surface area contributed by atoms with Gasteiger partial charge in [0.05, 0.1) is 11.8 Å². The van der Waals surface area contributed by atoms with E-state index in [9.17, 15) is 0 Å². The van der Waals surface area contributed by atoms with Crippen molar-refractivity contribution in [2.75, 3.05) is 13.1 Å². The van der Waals surface area contributed by atoms with Crippen molar-refractivity contribution in [3.63, 3.8) is 0 Å². The molecule has 0 radical (unpaired) electrons. The maximum atomic E-state index is 6.30. The van der Waals surface area contributed by atoms with E-state index in [1.165, 1.54) is 6.42 Å². The van der Waals surface area contributed by atoms with Crippen molar-refractivity contribution in [3.8, 4) is 0 Å². The average Bonchev–Trinajstić information content (AvgIpc) is 3.18. The van der Waals surface area contributed by atoms with Crippen molar-refractivity contribution in [1.82, 2.24) is 15.0 Å². The van der Waals surface area contributed by atoms with Gasteiger partial charge in [-0.1, -0.05) is 5.16 Å². The minimum atomic E-state index is 0.197. The number of fused-ring (bicyclic) bond motifs is 1. The van der Waals surface area contributed by atoms with E-state index >= 15 is 0 Å². The first kappa shape index (κ1) is 14.4. The maximum Gasteiger partial charge on any atom is 0.133 e. The van der Waals surface area contributed by atoms with Gasteiger partial charge in [-0.15, -0.1) is 11.3 Å². The molecule has 2 aliphatic heterocycles. The van der Waals surface area contributed by atoms with E-state index in [4.69, 9.17) is 9.26 Å². The second-order valence-corrected chi connectivity index (χ2v) is 7.33. The van der Waals surface area contributed by atoms with Crippen LogP contribution in [0.25, 0.3) is 0 Å². The molecule has 2 aromatic rings. The number of aryl methyl sites for hydroxylation is 2. The molecule has 2 fully saturated rings. The highest BCUT2D eigenvalue weighted by atomic mass is 32.1. The van der Waals surface area contributed by atoms with E-state index in [-0.39, 0.29) is 6.10 Å². The molecule has 118 valence electrons. The summed E-state index contributed by atoms with van der Waals surface area (Å²) >= 11 is 1.73. The number of thiazole rings is 1. The molecule has 4 rings (SSSR count). The molecule has 6 heteroatoms. The molecule has 0 aliphatic carbocycles. The molecule has 0 aromatic carbocycles. The Kier molecular flexibility index (Phi) is 3.76. The number of aromatic nitrogens is 2. The lowest BCUT2D eigenvalue weighted by Crippen LogP contribution is -2.41. The normalized spacial score (nSPS) is 28.9. The highest BCUT2D eigenvalue weighted by Gasteiger charge is 2.40. The minimum Gasteiger partial charge on any atom is -0.366 e. The molecule has 4 heterocycles. The van der Waals surface area contributed by atoms with Gasteiger partial charge in [-0.3, -0.25) is 4.90 Å². The third-order valence-electron chi connectivity index (χ3n) is 4.61. The quantitative estimate of drug-likeness (QED) is 0.870. The van der Waals surface area contributed by atoms with Crippen LogP contribution < -0.4 is 0 Å². The molecule has 0 N–H and O–H groups in total. The number of ether oxygens (including phenoxy) is 1. The highest BCUT2D eigenvalue weighted by Crippen LogP contribution is 2.41. The first-order valence-corrected chi connectivity index (χ1v) is 8.77. The predicted molar refractivity (Wildman–Crippen MR) is 83.7 cm³/mol. The molecule has 0 saturated carbocycles. The molecule has 22 heavy (non-hydrogen) atoms. The summed E-state index contributed by atoms with van der Waals surface area (Å²) in [6, 6.07) is 2.02. The highest BCUT2D eigenvalue weighted by molar-refractivity contribution is 7.09. The first-order valence-electron chi connectivity index (χ1n) is 7.89. The van der Waals surface area contributed by atoms with E-state index in [2.05, 4.69) is 20.4 Å². The summed E-state index contributed by atoms with van der Waals surface area (Å²) in [6.07, 6.45) is 2.84. The van der Waals surface area contributed by atoms with Crippen molar-refractivity contribution < 1.29 is 9.26 Å². The van der Waals surface area contributed by atoms with Gasteiger partial charge in [0.2, 0.25) is 0 Å². The molecule has 0 spiro atoms. The molecule has 2 aliphatic rings. The van der Waals surface area contributed by atoms with Gasteiger partial charge in [-0.25, -0.2) is 4.98 Å². The van der Waals surface area contributed by atoms with Crippen molar-refractivity contribution >= 4 is 11.3 Å². The fourth-order valence-corrected chi connectivity index (χ4v) is 4.38. The summed E-state index contributed by atoms with van der Waals surface area (Å²) < 4.78 is 11.5. The number of piperidine rings is 1. The molecule has 2 aromatic heterocycles. The number of nitrogens with zero attached hydrogens (tertiary/aromatic N) is 3. The zero-order valence-electron chi connectivity index (χ0n) is 13.0. The maximum absolute atomic E-state index is 6.30. The molecule has 2 saturated heterocycles. The summed E-state index contributed by atoms with van der Waals surface area (Å²) in [6.45, 7) is 6.93. The Labute approximate surface area is 134 Å². The molecule has 0 unspecified atom stereocenters. The zero-order chi connectivity index (χ0) is 15.1. The summed E-state index contributed by atoms with van der Waals surface area (Å²) in [5, 5.41) is 7.35. The number of hydrogen-bond donors (Lipinski definition) is 0. The van der Waals surface area contributed by atoms with Crippen LogP contribution in [0.2, 0.25) is 0 Å². The zero-order valence-corrected chi connectivity index (χ0v) is 13.8. The van der Waals surface area contributed by atoms with E-state index in [0.717, 1.165) is 48.2 Å². The van der Waals surface area contributed by atoms with Crippen molar-refractivity contribution in [3.05, 3.63) is 33.6 Å². The van der Waals surface area contributed by atoms with Crippen LogP contribution in [0, 0.1) is 19.8 Å². The van der Waals surface area contributed by atoms with E-state index in [1.807, 2.05) is 19.9 Å². The van der Waals surface area contributed by atoms with Gasteiger partial charge in [0, 0.05) is 30.2 Å². The Morgan fingerprint density at radius 2 is 2.32 bits per heavy atom. The molecule has 0 bridgehead atoms.